The van der Waals surface area contributed by atoms with Crippen molar-refractivity contribution in [1.29, 1.82) is 0 Å². The molecule has 0 aliphatic heterocycles. The van der Waals surface area contributed by atoms with E-state index in [0.717, 1.165) is 57.8 Å². The second-order valence-electron chi connectivity index (χ2n) is 9.74. The van der Waals surface area contributed by atoms with E-state index in [0.29, 0.717) is 17.6 Å². The molecule has 5 fully saturated rings. The number of benzene rings is 1. The van der Waals surface area contributed by atoms with Crippen molar-refractivity contribution >= 4 is 0 Å². The summed E-state index contributed by atoms with van der Waals surface area (Å²) in [5.41, 5.74) is 0.782. The van der Waals surface area contributed by atoms with Crippen LogP contribution < -0.4 is 0 Å². The monoisotopic (exact) mass is 388 g/mol. The lowest BCUT2D eigenvalue weighted by atomic mass is 9.51. The first-order valence-electron chi connectivity index (χ1n) is 10.9. The molecule has 0 radical (unpaired) electrons. The molecule has 1 aromatic carbocycles. The molecule has 0 amide bonds. The van der Waals surface area contributed by atoms with Gasteiger partial charge in [0, 0.05) is 18.9 Å². The molecule has 4 bridgehead atoms. The van der Waals surface area contributed by atoms with Gasteiger partial charge in [0.25, 0.3) is 0 Å². The summed E-state index contributed by atoms with van der Waals surface area (Å²) in [4.78, 5) is 12.1. The Morgan fingerprint density at radius 3 is 2.14 bits per heavy atom. The fourth-order valence-corrected chi connectivity index (χ4v) is 6.77. The maximum absolute atomic E-state index is 10.8. The van der Waals surface area contributed by atoms with Gasteiger partial charge < -0.3 is 14.9 Å². The fourth-order valence-electron chi connectivity index (χ4n) is 6.77. The van der Waals surface area contributed by atoms with Crippen molar-refractivity contribution in [1.82, 2.24) is 0 Å². The van der Waals surface area contributed by atoms with E-state index in [1.807, 2.05) is 12.1 Å². The molecule has 0 aromatic heterocycles. The number of hydrogen-bond donors (Lipinski definition) is 2. The van der Waals surface area contributed by atoms with Crippen LogP contribution in [0.25, 0.3) is 0 Å². The molecule has 5 saturated carbocycles. The molecule has 2 unspecified atom stereocenters. The van der Waals surface area contributed by atoms with Crippen molar-refractivity contribution < 1.29 is 24.7 Å². The lowest BCUT2D eigenvalue weighted by molar-refractivity contribution is -0.490. The van der Waals surface area contributed by atoms with Crippen LogP contribution in [-0.2, 0) is 14.5 Å². The Morgan fingerprint density at radius 2 is 1.57 bits per heavy atom. The van der Waals surface area contributed by atoms with Crippen LogP contribution >= 0.6 is 0 Å². The van der Waals surface area contributed by atoms with Gasteiger partial charge in [-0.15, -0.1) is 0 Å². The molecule has 5 heteroatoms. The summed E-state index contributed by atoms with van der Waals surface area (Å²) in [7, 11) is 1.73. The van der Waals surface area contributed by atoms with Crippen molar-refractivity contribution in [3.05, 3.63) is 29.8 Å². The van der Waals surface area contributed by atoms with Gasteiger partial charge in [0.15, 0.2) is 0 Å². The fraction of sp³-hybridized carbons (Fsp3) is 0.739. The van der Waals surface area contributed by atoms with E-state index in [1.165, 1.54) is 5.56 Å². The number of ether oxygens (including phenoxy) is 1. The van der Waals surface area contributed by atoms with Gasteiger partial charge in [-0.2, -0.15) is 0 Å². The van der Waals surface area contributed by atoms with Crippen molar-refractivity contribution in [2.75, 3.05) is 7.11 Å². The van der Waals surface area contributed by atoms with Crippen molar-refractivity contribution in [3.63, 3.8) is 0 Å². The highest BCUT2D eigenvalue weighted by atomic mass is 17.2. The van der Waals surface area contributed by atoms with E-state index in [1.54, 1.807) is 19.2 Å². The number of aliphatic hydroxyl groups is 1. The van der Waals surface area contributed by atoms with E-state index >= 15 is 0 Å². The van der Waals surface area contributed by atoms with Gasteiger partial charge in [-0.1, -0.05) is 12.1 Å². The Hall–Kier alpha value is -1.14. The van der Waals surface area contributed by atoms with Crippen molar-refractivity contribution in [3.8, 4) is 5.75 Å². The summed E-state index contributed by atoms with van der Waals surface area (Å²) in [5.74, 6) is 1.21. The first kappa shape index (κ1) is 18.9. The highest BCUT2D eigenvalue weighted by Gasteiger charge is 2.64. The van der Waals surface area contributed by atoms with Gasteiger partial charge >= 0.3 is 0 Å². The van der Waals surface area contributed by atoms with Gasteiger partial charge in [-0.3, -0.25) is 0 Å². The Morgan fingerprint density at radius 1 is 0.929 bits per heavy atom. The summed E-state index contributed by atoms with van der Waals surface area (Å²) in [6, 6.07) is 7.58. The summed E-state index contributed by atoms with van der Waals surface area (Å²) < 4.78 is 5.97. The second-order valence-corrected chi connectivity index (χ2v) is 9.74. The van der Waals surface area contributed by atoms with Crippen LogP contribution in [0.4, 0.5) is 0 Å². The molecule has 0 heterocycles. The zero-order valence-corrected chi connectivity index (χ0v) is 16.7. The lowest BCUT2D eigenvalue weighted by Gasteiger charge is -2.61. The van der Waals surface area contributed by atoms with Gasteiger partial charge in [0.05, 0.1) is 11.7 Å². The van der Waals surface area contributed by atoms with Crippen molar-refractivity contribution in [2.45, 2.75) is 81.2 Å². The first-order valence-corrected chi connectivity index (χ1v) is 10.9. The third-order valence-electron chi connectivity index (χ3n) is 7.97. The minimum Gasteiger partial charge on any atom is -0.508 e. The molecule has 0 saturated heterocycles. The summed E-state index contributed by atoms with van der Waals surface area (Å²) in [6.45, 7) is 0. The van der Waals surface area contributed by atoms with Crippen LogP contribution in [0.2, 0.25) is 0 Å². The summed E-state index contributed by atoms with van der Waals surface area (Å²) in [5, 5.41) is 20.3. The van der Waals surface area contributed by atoms with Crippen molar-refractivity contribution in [2.24, 2.45) is 17.8 Å². The predicted molar refractivity (Wildman–Crippen MR) is 104 cm³/mol. The van der Waals surface area contributed by atoms with E-state index in [9.17, 15) is 10.2 Å². The van der Waals surface area contributed by atoms with Crippen LogP contribution in [0.3, 0.4) is 0 Å². The Labute approximate surface area is 166 Å². The Bertz CT molecular complexity index is 677. The molecule has 5 aliphatic rings. The third kappa shape index (κ3) is 3.17. The summed E-state index contributed by atoms with van der Waals surface area (Å²) >= 11 is 0. The zero-order valence-electron chi connectivity index (χ0n) is 16.7. The van der Waals surface area contributed by atoms with E-state index < -0.39 is 11.4 Å². The maximum Gasteiger partial charge on any atom is 0.207 e. The molecule has 5 aliphatic carbocycles. The SMILES string of the molecule is COC1(OOC2CCC(c3ccc(O)cc3)CC2)C2CC3CC1CC(O)(C3)C2. The molecular formula is C23H32O5. The molecule has 2 atom stereocenters. The van der Waals surface area contributed by atoms with Gasteiger partial charge in [0.2, 0.25) is 5.79 Å². The van der Waals surface area contributed by atoms with Gasteiger partial charge in [0.1, 0.15) is 5.75 Å². The Balaban J connectivity index is 1.19. The predicted octanol–water partition coefficient (Wildman–Crippen LogP) is 4.28. The summed E-state index contributed by atoms with van der Waals surface area (Å²) in [6.07, 6.45) is 8.78. The number of hydrogen-bond acceptors (Lipinski definition) is 5. The number of aromatic hydroxyl groups is 1. The van der Waals surface area contributed by atoms with Crippen LogP contribution in [0.1, 0.15) is 69.3 Å². The van der Waals surface area contributed by atoms with E-state index in [2.05, 4.69) is 0 Å². The Kier molecular flexibility index (Phi) is 4.70. The molecule has 154 valence electrons. The molecule has 2 N–H and O–H groups in total. The normalized spacial score (nSPS) is 44.7. The van der Waals surface area contributed by atoms with Crippen LogP contribution in [0, 0.1) is 17.8 Å². The van der Waals surface area contributed by atoms with Crippen LogP contribution in [-0.4, -0.2) is 34.8 Å². The van der Waals surface area contributed by atoms with E-state index in [-0.39, 0.29) is 17.9 Å². The average molecular weight is 389 g/mol. The number of methoxy groups -OCH3 is 1. The third-order valence-corrected chi connectivity index (χ3v) is 7.97. The number of phenolic OH excluding ortho intramolecular Hbond substituents is 1. The molecular weight excluding hydrogens is 356 g/mol. The highest BCUT2D eigenvalue weighted by Crippen LogP contribution is 2.61. The lowest BCUT2D eigenvalue weighted by Crippen LogP contribution is -2.65. The minimum absolute atomic E-state index is 0.0978. The topological polar surface area (TPSA) is 68.2 Å². The molecule has 28 heavy (non-hydrogen) atoms. The zero-order chi connectivity index (χ0) is 19.4. The highest BCUT2D eigenvalue weighted by molar-refractivity contribution is 5.28. The molecule has 5 nitrogen and oxygen atoms in total. The second kappa shape index (κ2) is 6.98. The standard InChI is InChI=1S/C23H32O5/c1-26-23(18-10-15-11-19(23)14-22(25,12-15)13-18)28-27-21-8-4-17(5-9-21)16-2-6-20(24)7-3-16/h2-3,6-7,15,17-19,21,24-25H,4-5,8-14H2,1H3. The quantitative estimate of drug-likeness (QED) is 0.448. The van der Waals surface area contributed by atoms with Gasteiger partial charge in [-0.25, -0.2) is 9.78 Å². The largest absolute Gasteiger partial charge is 0.508 e. The maximum atomic E-state index is 10.8. The molecule has 0 spiro atoms. The minimum atomic E-state index is -0.684. The van der Waals surface area contributed by atoms with Crippen LogP contribution in [0.15, 0.2) is 24.3 Å². The first-order chi connectivity index (χ1) is 13.5. The van der Waals surface area contributed by atoms with Gasteiger partial charge in [-0.05, 0) is 87.3 Å². The molecule has 1 aromatic rings. The molecule has 6 rings (SSSR count). The number of phenols is 1. The number of rotatable bonds is 5. The smallest absolute Gasteiger partial charge is 0.207 e. The average Bonchev–Trinajstić information content (AvgIpc) is 2.68. The van der Waals surface area contributed by atoms with Crippen LogP contribution in [0.5, 0.6) is 5.75 Å². The van der Waals surface area contributed by atoms with E-state index in [4.69, 9.17) is 14.5 Å².